The Hall–Kier alpha value is -1.36. The van der Waals surface area contributed by atoms with Gasteiger partial charge in [0.15, 0.2) is 0 Å². The lowest BCUT2D eigenvalue weighted by molar-refractivity contribution is -0.115. The van der Waals surface area contributed by atoms with E-state index < -0.39 is 0 Å². The molecule has 1 heterocycles. The maximum absolute atomic E-state index is 11.4. The summed E-state index contributed by atoms with van der Waals surface area (Å²) in [5.41, 5.74) is 9.96. The van der Waals surface area contributed by atoms with Crippen LogP contribution in [0.4, 0.5) is 5.69 Å². The third-order valence-electron chi connectivity index (χ3n) is 3.43. The molecule has 0 bridgehead atoms. The number of benzene rings is 2. The number of fused-ring (bicyclic) bond motifs is 1. The van der Waals surface area contributed by atoms with Gasteiger partial charge in [0.1, 0.15) is 0 Å². The highest BCUT2D eigenvalue weighted by atomic mass is 79.9. The molecule has 2 aromatic carbocycles. The summed E-state index contributed by atoms with van der Waals surface area (Å²) in [6, 6.07) is 11.2. The summed E-state index contributed by atoms with van der Waals surface area (Å²) in [6.07, 6.45) is 0.405. The van der Waals surface area contributed by atoms with E-state index in [9.17, 15) is 4.79 Å². The van der Waals surface area contributed by atoms with Crippen LogP contribution in [0, 0.1) is 0 Å². The van der Waals surface area contributed by atoms with Gasteiger partial charge >= 0.3 is 0 Å². The molecule has 1 aliphatic heterocycles. The number of anilines is 1. The zero-order chi connectivity index (χ0) is 14.3. The Kier molecular flexibility index (Phi) is 3.54. The highest BCUT2D eigenvalue weighted by molar-refractivity contribution is 9.10. The molecule has 1 unspecified atom stereocenters. The lowest BCUT2D eigenvalue weighted by Crippen LogP contribution is -2.12. The van der Waals surface area contributed by atoms with Crippen LogP contribution >= 0.6 is 27.5 Å². The summed E-state index contributed by atoms with van der Waals surface area (Å²) in [6.45, 7) is 0. The summed E-state index contributed by atoms with van der Waals surface area (Å²) in [4.78, 5) is 11.4. The SMILES string of the molecule is NC(c1ccc2c(c1)CC(=O)N2)c1cccc(Br)c1Cl. The summed E-state index contributed by atoms with van der Waals surface area (Å²) >= 11 is 9.69. The van der Waals surface area contributed by atoms with E-state index in [1.165, 1.54) is 0 Å². The van der Waals surface area contributed by atoms with E-state index in [4.69, 9.17) is 17.3 Å². The van der Waals surface area contributed by atoms with Gasteiger partial charge in [-0.25, -0.2) is 0 Å². The van der Waals surface area contributed by atoms with Crippen molar-refractivity contribution < 1.29 is 4.79 Å². The molecule has 3 N–H and O–H groups in total. The molecule has 1 atom stereocenters. The van der Waals surface area contributed by atoms with Gasteiger partial charge in [-0.1, -0.05) is 35.9 Å². The van der Waals surface area contributed by atoms with E-state index in [2.05, 4.69) is 21.2 Å². The van der Waals surface area contributed by atoms with Crippen molar-refractivity contribution in [2.45, 2.75) is 12.5 Å². The predicted octanol–water partition coefficient (Wildman–Crippen LogP) is 3.65. The first-order valence-corrected chi connectivity index (χ1v) is 7.35. The van der Waals surface area contributed by atoms with Gasteiger partial charge in [0.05, 0.1) is 17.5 Å². The lowest BCUT2D eigenvalue weighted by Gasteiger charge is -2.16. The zero-order valence-electron chi connectivity index (χ0n) is 10.5. The molecule has 0 spiro atoms. The van der Waals surface area contributed by atoms with E-state index in [1.807, 2.05) is 36.4 Å². The van der Waals surface area contributed by atoms with Crippen LogP contribution in [0.5, 0.6) is 0 Å². The number of carbonyl (C=O) groups is 1. The van der Waals surface area contributed by atoms with Crippen molar-refractivity contribution in [1.82, 2.24) is 0 Å². The largest absolute Gasteiger partial charge is 0.326 e. The molecule has 0 radical (unpaired) electrons. The molecule has 3 rings (SSSR count). The van der Waals surface area contributed by atoms with Gasteiger partial charge in [0, 0.05) is 10.2 Å². The first kappa shape index (κ1) is 13.6. The van der Waals surface area contributed by atoms with Crippen molar-refractivity contribution >= 4 is 39.1 Å². The van der Waals surface area contributed by atoms with Crippen molar-refractivity contribution in [2.75, 3.05) is 5.32 Å². The van der Waals surface area contributed by atoms with E-state index in [0.717, 1.165) is 26.9 Å². The number of nitrogens with two attached hydrogens (primary N) is 1. The Morgan fingerprint density at radius 3 is 2.90 bits per heavy atom. The second-order valence-electron chi connectivity index (χ2n) is 4.76. The molecule has 0 saturated heterocycles. The third kappa shape index (κ3) is 2.35. The van der Waals surface area contributed by atoms with Crippen LogP contribution in [0.15, 0.2) is 40.9 Å². The summed E-state index contributed by atoms with van der Waals surface area (Å²) < 4.78 is 0.824. The molecule has 5 heteroatoms. The molecule has 0 aliphatic carbocycles. The molecule has 0 aromatic heterocycles. The lowest BCUT2D eigenvalue weighted by atomic mass is 9.97. The van der Waals surface area contributed by atoms with Crippen molar-refractivity contribution in [3.63, 3.8) is 0 Å². The van der Waals surface area contributed by atoms with Gasteiger partial charge in [-0.3, -0.25) is 4.79 Å². The van der Waals surface area contributed by atoms with Crippen LogP contribution in [0.25, 0.3) is 0 Å². The molecular formula is C15H12BrClN2O. The van der Waals surface area contributed by atoms with E-state index >= 15 is 0 Å². The fraction of sp³-hybridized carbons (Fsp3) is 0.133. The van der Waals surface area contributed by atoms with Gasteiger partial charge in [-0.05, 0) is 44.8 Å². The average molecular weight is 352 g/mol. The predicted molar refractivity (Wildman–Crippen MR) is 84.0 cm³/mol. The molecule has 102 valence electrons. The van der Waals surface area contributed by atoms with Crippen molar-refractivity contribution in [3.05, 3.63) is 62.6 Å². The number of halogens is 2. The number of hydrogen-bond acceptors (Lipinski definition) is 2. The van der Waals surface area contributed by atoms with Crippen LogP contribution in [-0.2, 0) is 11.2 Å². The van der Waals surface area contributed by atoms with Gasteiger partial charge in [-0.15, -0.1) is 0 Å². The molecule has 20 heavy (non-hydrogen) atoms. The first-order chi connectivity index (χ1) is 9.56. The second-order valence-corrected chi connectivity index (χ2v) is 5.99. The van der Waals surface area contributed by atoms with Crippen LogP contribution in [-0.4, -0.2) is 5.91 Å². The van der Waals surface area contributed by atoms with Crippen molar-refractivity contribution in [2.24, 2.45) is 5.73 Å². The van der Waals surface area contributed by atoms with Crippen LogP contribution in [0.3, 0.4) is 0 Å². The fourth-order valence-electron chi connectivity index (χ4n) is 2.38. The third-order valence-corrected chi connectivity index (χ3v) is 4.74. The van der Waals surface area contributed by atoms with Crippen molar-refractivity contribution in [3.8, 4) is 0 Å². The molecule has 1 aliphatic rings. The average Bonchev–Trinajstić information content (AvgIpc) is 2.80. The minimum Gasteiger partial charge on any atom is -0.326 e. The van der Waals surface area contributed by atoms with E-state index in [-0.39, 0.29) is 11.9 Å². The summed E-state index contributed by atoms with van der Waals surface area (Å²) in [5, 5.41) is 3.43. The minimum atomic E-state index is -0.319. The topological polar surface area (TPSA) is 55.1 Å². The second kappa shape index (κ2) is 5.20. The number of rotatable bonds is 2. The standard InChI is InChI=1S/C15H12BrClN2O/c16-11-3-1-2-10(14(11)17)15(18)8-4-5-12-9(6-8)7-13(20)19-12/h1-6,15H,7,18H2,(H,19,20). The van der Waals surface area contributed by atoms with Gasteiger partial charge in [0.25, 0.3) is 0 Å². The fourth-order valence-corrected chi connectivity index (χ4v) is 3.01. The first-order valence-electron chi connectivity index (χ1n) is 6.18. The molecule has 2 aromatic rings. The quantitative estimate of drug-likeness (QED) is 0.868. The number of carbonyl (C=O) groups excluding carboxylic acids is 1. The molecular weight excluding hydrogens is 340 g/mol. The van der Waals surface area contributed by atoms with Crippen LogP contribution < -0.4 is 11.1 Å². The minimum absolute atomic E-state index is 0.0196. The maximum Gasteiger partial charge on any atom is 0.228 e. The number of hydrogen-bond donors (Lipinski definition) is 2. The van der Waals surface area contributed by atoms with E-state index in [1.54, 1.807) is 0 Å². The zero-order valence-corrected chi connectivity index (χ0v) is 12.8. The van der Waals surface area contributed by atoms with Crippen molar-refractivity contribution in [1.29, 1.82) is 0 Å². The Bertz CT molecular complexity index is 702. The molecule has 0 saturated carbocycles. The Morgan fingerprint density at radius 2 is 2.10 bits per heavy atom. The maximum atomic E-state index is 11.4. The normalized spacial score (nSPS) is 14.8. The van der Waals surface area contributed by atoms with Gasteiger partial charge in [0.2, 0.25) is 5.91 Å². The summed E-state index contributed by atoms with van der Waals surface area (Å²) in [5.74, 6) is 0.0196. The number of amides is 1. The van der Waals surface area contributed by atoms with E-state index in [0.29, 0.717) is 11.4 Å². The Labute approximate surface area is 130 Å². The molecule has 3 nitrogen and oxygen atoms in total. The molecule has 0 fully saturated rings. The van der Waals surface area contributed by atoms with Crippen LogP contribution in [0.1, 0.15) is 22.7 Å². The number of nitrogens with one attached hydrogen (secondary N) is 1. The highest BCUT2D eigenvalue weighted by Crippen LogP contribution is 2.34. The van der Waals surface area contributed by atoms with Crippen LogP contribution in [0.2, 0.25) is 5.02 Å². The highest BCUT2D eigenvalue weighted by Gasteiger charge is 2.20. The van der Waals surface area contributed by atoms with Gasteiger partial charge < -0.3 is 11.1 Å². The Balaban J connectivity index is 1.99. The summed E-state index contributed by atoms with van der Waals surface area (Å²) in [7, 11) is 0. The molecule has 1 amide bonds. The monoisotopic (exact) mass is 350 g/mol. The Morgan fingerprint density at radius 1 is 1.30 bits per heavy atom. The van der Waals surface area contributed by atoms with Gasteiger partial charge in [-0.2, -0.15) is 0 Å². The smallest absolute Gasteiger partial charge is 0.228 e.